The van der Waals surface area contributed by atoms with Gasteiger partial charge in [-0.2, -0.15) is 5.10 Å². The van der Waals surface area contributed by atoms with Crippen LogP contribution in [0.1, 0.15) is 16.1 Å². The van der Waals surface area contributed by atoms with Gasteiger partial charge in [0.2, 0.25) is 0 Å². The van der Waals surface area contributed by atoms with Crippen LogP contribution in [0.5, 0.6) is 11.5 Å². The lowest BCUT2D eigenvalue weighted by Crippen LogP contribution is -2.15. The number of hydrogen-bond donors (Lipinski definition) is 1. The van der Waals surface area contributed by atoms with E-state index in [-0.39, 0.29) is 11.6 Å². The molecule has 29 heavy (non-hydrogen) atoms. The summed E-state index contributed by atoms with van der Waals surface area (Å²) in [7, 11) is 0. The number of thiazole rings is 1. The van der Waals surface area contributed by atoms with Crippen molar-refractivity contribution in [1.29, 1.82) is 0 Å². The maximum absolute atomic E-state index is 14.1. The van der Waals surface area contributed by atoms with Crippen molar-refractivity contribution in [3.63, 3.8) is 0 Å². The number of para-hydroxylation sites is 1. The first-order valence-corrected chi connectivity index (χ1v) is 9.73. The van der Waals surface area contributed by atoms with Gasteiger partial charge in [0.15, 0.2) is 16.6 Å². The molecule has 2 aromatic heterocycles. The summed E-state index contributed by atoms with van der Waals surface area (Å²) in [6.07, 6.45) is 1.42. The minimum Gasteiger partial charge on any atom is -0.486 e. The fourth-order valence-corrected chi connectivity index (χ4v) is 4.05. The Labute approximate surface area is 168 Å². The second-order valence-corrected chi connectivity index (χ2v) is 7.47. The number of carbonyl (C=O) groups is 1. The van der Waals surface area contributed by atoms with E-state index in [0.717, 1.165) is 4.70 Å². The van der Waals surface area contributed by atoms with Crippen molar-refractivity contribution in [3.05, 3.63) is 59.7 Å². The molecule has 0 saturated carbocycles. The van der Waals surface area contributed by atoms with E-state index >= 15 is 0 Å². The first-order valence-electron chi connectivity index (χ1n) is 8.91. The summed E-state index contributed by atoms with van der Waals surface area (Å²) >= 11 is 1.34. The third-order valence-electron chi connectivity index (χ3n) is 4.61. The molecule has 1 N–H and O–H groups in total. The molecule has 1 amide bonds. The number of nitrogens with one attached hydrogen (secondary N) is 1. The highest BCUT2D eigenvalue weighted by Crippen LogP contribution is 2.38. The Morgan fingerprint density at radius 3 is 2.76 bits per heavy atom. The molecule has 7 nitrogen and oxygen atoms in total. The van der Waals surface area contributed by atoms with Crippen LogP contribution in [0, 0.1) is 12.7 Å². The normalized spacial score (nSPS) is 12.9. The first-order chi connectivity index (χ1) is 14.1. The summed E-state index contributed by atoms with van der Waals surface area (Å²) in [5.74, 6) is 0.549. The van der Waals surface area contributed by atoms with Crippen molar-refractivity contribution >= 4 is 32.6 Å². The first kappa shape index (κ1) is 17.6. The molecule has 3 heterocycles. The Morgan fingerprint density at radius 1 is 1.21 bits per heavy atom. The van der Waals surface area contributed by atoms with Crippen LogP contribution in [0.25, 0.3) is 15.9 Å². The topological polar surface area (TPSA) is 78.3 Å². The molecule has 0 fully saturated rings. The Morgan fingerprint density at radius 2 is 1.97 bits per heavy atom. The zero-order chi connectivity index (χ0) is 20.0. The van der Waals surface area contributed by atoms with Crippen LogP contribution in [0.15, 0.2) is 42.6 Å². The number of hydrogen-bond acceptors (Lipinski definition) is 6. The third-order valence-corrected chi connectivity index (χ3v) is 5.54. The zero-order valence-corrected chi connectivity index (χ0v) is 16.1. The lowest BCUT2D eigenvalue weighted by Gasteiger charge is -2.17. The zero-order valence-electron chi connectivity index (χ0n) is 15.3. The Kier molecular flexibility index (Phi) is 4.17. The second kappa shape index (κ2) is 6.85. The highest BCUT2D eigenvalue weighted by atomic mass is 32.1. The van der Waals surface area contributed by atoms with Crippen LogP contribution >= 0.6 is 11.3 Å². The number of benzene rings is 2. The van der Waals surface area contributed by atoms with Gasteiger partial charge in [-0.05, 0) is 19.1 Å². The standard InChI is InChI=1S/C20H15FN4O3S/c1-11-12(10-22-25(11)15-5-3-2-4-13(15)21)19(26)24-20-23-14-8-16-17(9-18(14)29-20)28-7-6-27-16/h2-5,8-10H,6-7H2,1H3,(H,23,24,26). The largest absolute Gasteiger partial charge is 0.486 e. The smallest absolute Gasteiger partial charge is 0.260 e. The molecule has 2 aromatic carbocycles. The van der Waals surface area contributed by atoms with Crippen molar-refractivity contribution in [2.24, 2.45) is 0 Å². The molecular weight excluding hydrogens is 395 g/mol. The minimum atomic E-state index is -0.412. The molecular formula is C20H15FN4O3S. The van der Waals surface area contributed by atoms with Crippen LogP contribution < -0.4 is 14.8 Å². The summed E-state index contributed by atoms with van der Waals surface area (Å²) in [6, 6.07) is 9.94. The molecule has 0 bridgehead atoms. The summed E-state index contributed by atoms with van der Waals surface area (Å²) in [4.78, 5) is 17.2. The molecule has 0 unspecified atom stereocenters. The number of amides is 1. The lowest BCUT2D eigenvalue weighted by atomic mass is 10.2. The number of aromatic nitrogens is 3. The monoisotopic (exact) mass is 410 g/mol. The van der Waals surface area contributed by atoms with Crippen molar-refractivity contribution < 1.29 is 18.7 Å². The van der Waals surface area contributed by atoms with Crippen LogP contribution in [0.4, 0.5) is 9.52 Å². The lowest BCUT2D eigenvalue weighted by molar-refractivity contribution is 0.102. The fraction of sp³-hybridized carbons (Fsp3) is 0.150. The number of carbonyl (C=O) groups excluding carboxylic acids is 1. The third kappa shape index (κ3) is 3.09. The molecule has 5 rings (SSSR count). The molecule has 0 saturated heterocycles. The quantitative estimate of drug-likeness (QED) is 0.553. The van der Waals surface area contributed by atoms with Crippen LogP contribution in [-0.4, -0.2) is 33.9 Å². The summed E-state index contributed by atoms with van der Waals surface area (Å²) in [5, 5.41) is 7.42. The van der Waals surface area contributed by atoms with Gasteiger partial charge in [-0.1, -0.05) is 23.5 Å². The average molecular weight is 410 g/mol. The van der Waals surface area contributed by atoms with Gasteiger partial charge in [0.1, 0.15) is 24.7 Å². The highest BCUT2D eigenvalue weighted by molar-refractivity contribution is 7.22. The number of rotatable bonds is 3. The number of ether oxygens (including phenoxy) is 2. The van der Waals surface area contributed by atoms with Gasteiger partial charge in [0.25, 0.3) is 5.91 Å². The number of fused-ring (bicyclic) bond motifs is 2. The average Bonchev–Trinajstić information content (AvgIpc) is 3.28. The number of halogens is 1. The van der Waals surface area contributed by atoms with Gasteiger partial charge in [-0.3, -0.25) is 10.1 Å². The van der Waals surface area contributed by atoms with E-state index in [1.54, 1.807) is 31.2 Å². The summed E-state index contributed by atoms with van der Waals surface area (Å²) in [6.45, 7) is 2.72. The molecule has 9 heteroatoms. The van der Waals surface area contributed by atoms with E-state index in [1.165, 1.54) is 28.3 Å². The van der Waals surface area contributed by atoms with E-state index in [4.69, 9.17) is 9.47 Å². The van der Waals surface area contributed by atoms with Gasteiger partial charge < -0.3 is 9.47 Å². The molecule has 0 atom stereocenters. The van der Waals surface area contributed by atoms with Crippen molar-refractivity contribution in [2.45, 2.75) is 6.92 Å². The van der Waals surface area contributed by atoms with Crippen LogP contribution in [0.3, 0.4) is 0 Å². The molecule has 0 aliphatic carbocycles. The Bertz CT molecular complexity index is 1210. The van der Waals surface area contributed by atoms with Crippen molar-refractivity contribution in [2.75, 3.05) is 18.5 Å². The van der Waals surface area contributed by atoms with Crippen LogP contribution in [-0.2, 0) is 0 Å². The van der Waals surface area contributed by atoms with E-state index in [9.17, 15) is 9.18 Å². The molecule has 0 radical (unpaired) electrons. The molecule has 4 aromatic rings. The predicted octanol–water partition coefficient (Wildman–Crippen LogP) is 3.95. The van der Waals surface area contributed by atoms with E-state index in [0.29, 0.717) is 46.6 Å². The van der Waals surface area contributed by atoms with Crippen LogP contribution in [0.2, 0.25) is 0 Å². The maximum atomic E-state index is 14.1. The summed E-state index contributed by atoms with van der Waals surface area (Å²) < 4.78 is 27.5. The van der Waals surface area contributed by atoms with E-state index < -0.39 is 5.82 Å². The number of anilines is 1. The summed E-state index contributed by atoms with van der Waals surface area (Å²) in [5.41, 5.74) is 1.88. The van der Waals surface area contributed by atoms with Gasteiger partial charge in [-0.25, -0.2) is 14.1 Å². The Hall–Kier alpha value is -3.46. The Balaban J connectivity index is 1.43. The second-order valence-electron chi connectivity index (χ2n) is 6.44. The van der Waals surface area contributed by atoms with Crippen molar-refractivity contribution in [1.82, 2.24) is 14.8 Å². The maximum Gasteiger partial charge on any atom is 0.260 e. The molecule has 0 spiro atoms. The molecule has 1 aliphatic rings. The van der Waals surface area contributed by atoms with Gasteiger partial charge in [0.05, 0.1) is 27.7 Å². The molecule has 146 valence electrons. The van der Waals surface area contributed by atoms with Crippen molar-refractivity contribution in [3.8, 4) is 17.2 Å². The molecule has 1 aliphatic heterocycles. The highest BCUT2D eigenvalue weighted by Gasteiger charge is 2.19. The minimum absolute atomic E-state index is 0.287. The predicted molar refractivity (Wildman–Crippen MR) is 107 cm³/mol. The van der Waals surface area contributed by atoms with Gasteiger partial charge in [0, 0.05) is 12.1 Å². The SMILES string of the molecule is Cc1c(C(=O)Nc2nc3cc4c(cc3s2)OCCO4)cnn1-c1ccccc1F. The van der Waals surface area contributed by atoms with Gasteiger partial charge in [-0.15, -0.1) is 0 Å². The van der Waals surface area contributed by atoms with E-state index in [1.807, 2.05) is 6.07 Å². The van der Waals surface area contributed by atoms with Gasteiger partial charge >= 0.3 is 0 Å². The fourth-order valence-electron chi connectivity index (χ4n) is 3.18. The van der Waals surface area contributed by atoms with E-state index in [2.05, 4.69) is 15.4 Å². The number of nitrogens with zero attached hydrogens (tertiary/aromatic N) is 3.